The van der Waals surface area contributed by atoms with E-state index in [1.807, 2.05) is 6.08 Å². The van der Waals surface area contributed by atoms with Crippen LogP contribution in [-0.2, 0) is 23.9 Å². The third kappa shape index (κ3) is 11.4. The van der Waals surface area contributed by atoms with Gasteiger partial charge in [-0.25, -0.2) is 4.79 Å². The van der Waals surface area contributed by atoms with Crippen LogP contribution in [0.5, 0.6) is 0 Å². The summed E-state index contributed by atoms with van der Waals surface area (Å²) in [7, 11) is 1.48. The van der Waals surface area contributed by atoms with E-state index in [1.54, 1.807) is 39.0 Å². The zero-order valence-electron chi connectivity index (χ0n) is 21.7. The maximum Gasteiger partial charge on any atom is 0.327 e. The fourth-order valence-electron chi connectivity index (χ4n) is 4.27. The Labute approximate surface area is 213 Å². The Morgan fingerprint density at radius 1 is 1.11 bits per heavy atom. The molecular formula is C27H41NO8. The molecule has 1 saturated heterocycles. The zero-order valence-corrected chi connectivity index (χ0v) is 21.7. The third-order valence-corrected chi connectivity index (χ3v) is 6.47. The average Bonchev–Trinajstić information content (AvgIpc) is 2.81. The number of rotatable bonds is 16. The number of aliphatic hydroxyl groups is 2. The topological polar surface area (TPSA) is 150 Å². The molecule has 1 fully saturated rings. The molecule has 1 rings (SSSR count). The number of amides is 2. The Morgan fingerprint density at radius 3 is 2.31 bits per heavy atom. The fourth-order valence-corrected chi connectivity index (χ4v) is 4.27. The number of ether oxygens (including phenoxy) is 1. The van der Waals surface area contributed by atoms with Gasteiger partial charge in [0.05, 0.1) is 12.2 Å². The first-order valence-electron chi connectivity index (χ1n) is 12.4. The summed E-state index contributed by atoms with van der Waals surface area (Å²) >= 11 is 0. The standard InChI is InChI=1S/C27H41NO8/c1-17(14-18(2)27(35)22(36-4)12-7-5-6-8-13-25(32)33)26(34)19(3)21(29)11-9-10-20-15-23(30)28-24(31)16-20/h7-8,12-14,18-20,22,26-27,34-35H,5-6,9-11,15-16H2,1-4H3,(H,32,33)(H,28,30,31)/b12-7+,13-8+,17-14+/t18-,19+,22+,26-,27+/m0/s1. The van der Waals surface area contributed by atoms with Crippen molar-refractivity contribution in [1.82, 2.24) is 5.32 Å². The molecule has 0 saturated carbocycles. The van der Waals surface area contributed by atoms with E-state index in [0.29, 0.717) is 44.1 Å². The van der Waals surface area contributed by atoms with Crippen LogP contribution < -0.4 is 5.32 Å². The largest absolute Gasteiger partial charge is 0.478 e. The van der Waals surface area contributed by atoms with Gasteiger partial charge in [-0.15, -0.1) is 0 Å². The second-order valence-electron chi connectivity index (χ2n) is 9.54. The molecule has 2 amide bonds. The van der Waals surface area contributed by atoms with Crippen molar-refractivity contribution in [1.29, 1.82) is 0 Å². The Balaban J connectivity index is 2.57. The molecule has 0 spiro atoms. The number of Topliss-reactive ketones (excluding diaryl/α,β-unsaturated/α-hetero) is 1. The predicted molar refractivity (Wildman–Crippen MR) is 135 cm³/mol. The average molecular weight is 508 g/mol. The SMILES string of the molecule is CO[C@H](/C=C/CC/C=C/C(=O)O)[C@H](O)[C@@H](C)/C=C(\C)[C@H](O)[C@H](C)C(=O)CCCC1CC(=O)NC(=O)C1. The summed E-state index contributed by atoms with van der Waals surface area (Å²) in [6, 6.07) is 0. The number of hydrogen-bond acceptors (Lipinski definition) is 7. The van der Waals surface area contributed by atoms with E-state index in [9.17, 15) is 29.4 Å². The molecule has 1 aliphatic heterocycles. The Bertz CT molecular complexity index is 831. The minimum Gasteiger partial charge on any atom is -0.478 e. The summed E-state index contributed by atoms with van der Waals surface area (Å²) in [6.45, 7) is 5.18. The van der Waals surface area contributed by atoms with Gasteiger partial charge >= 0.3 is 5.97 Å². The van der Waals surface area contributed by atoms with E-state index in [4.69, 9.17) is 9.84 Å². The van der Waals surface area contributed by atoms with Gasteiger partial charge in [-0.3, -0.25) is 19.7 Å². The first-order valence-corrected chi connectivity index (χ1v) is 12.4. The lowest BCUT2D eigenvalue weighted by atomic mass is 9.87. The Kier molecular flexibility index (Phi) is 14.1. The van der Waals surface area contributed by atoms with Crippen molar-refractivity contribution in [2.45, 2.75) is 84.0 Å². The van der Waals surface area contributed by atoms with Gasteiger partial charge in [0.25, 0.3) is 0 Å². The molecule has 202 valence electrons. The van der Waals surface area contributed by atoms with E-state index >= 15 is 0 Å². The molecular weight excluding hydrogens is 466 g/mol. The molecule has 9 nitrogen and oxygen atoms in total. The first kappa shape index (κ1) is 31.4. The van der Waals surface area contributed by atoms with Crippen LogP contribution in [0, 0.1) is 17.8 Å². The molecule has 36 heavy (non-hydrogen) atoms. The summed E-state index contributed by atoms with van der Waals surface area (Å²) in [5, 5.41) is 32.3. The van der Waals surface area contributed by atoms with Crippen molar-refractivity contribution in [3.8, 4) is 0 Å². The fraction of sp³-hybridized carbons (Fsp3) is 0.630. The number of imide groups is 1. The summed E-state index contributed by atoms with van der Waals surface area (Å²) in [5.41, 5.74) is 0.578. The molecule has 1 aliphatic rings. The van der Waals surface area contributed by atoms with Crippen molar-refractivity contribution in [3.05, 3.63) is 36.0 Å². The molecule has 0 aromatic heterocycles. The van der Waals surface area contributed by atoms with Gasteiger partial charge in [-0.2, -0.15) is 0 Å². The molecule has 0 aromatic rings. The van der Waals surface area contributed by atoms with Crippen LogP contribution in [-0.4, -0.2) is 64.3 Å². The number of aliphatic hydroxyl groups excluding tert-OH is 2. The van der Waals surface area contributed by atoms with Gasteiger partial charge in [0, 0.05) is 44.3 Å². The van der Waals surface area contributed by atoms with Gasteiger partial charge in [0.15, 0.2) is 0 Å². The number of carboxylic acids is 1. The number of carbonyl (C=O) groups excluding carboxylic acids is 3. The molecule has 5 atom stereocenters. The minimum absolute atomic E-state index is 0.0489. The summed E-state index contributed by atoms with van der Waals surface area (Å²) in [6.07, 6.45) is 8.60. The molecule has 9 heteroatoms. The number of piperidine rings is 1. The van der Waals surface area contributed by atoms with E-state index in [-0.39, 0.29) is 35.9 Å². The van der Waals surface area contributed by atoms with Gasteiger partial charge in [0.2, 0.25) is 11.8 Å². The first-order chi connectivity index (χ1) is 17.0. The Morgan fingerprint density at radius 2 is 1.72 bits per heavy atom. The van der Waals surface area contributed by atoms with Gasteiger partial charge in [-0.05, 0) is 44.1 Å². The lowest BCUT2D eigenvalue weighted by Crippen LogP contribution is -2.38. The van der Waals surface area contributed by atoms with Crippen LogP contribution in [0.4, 0.5) is 0 Å². The number of methoxy groups -OCH3 is 1. The quantitative estimate of drug-likeness (QED) is 0.108. The Hall–Kier alpha value is -2.62. The van der Waals surface area contributed by atoms with Crippen molar-refractivity contribution in [3.63, 3.8) is 0 Å². The van der Waals surface area contributed by atoms with E-state index < -0.39 is 30.2 Å². The highest BCUT2D eigenvalue weighted by atomic mass is 16.5. The van der Waals surface area contributed by atoms with E-state index in [0.717, 1.165) is 6.08 Å². The maximum atomic E-state index is 12.6. The van der Waals surface area contributed by atoms with E-state index in [1.165, 1.54) is 7.11 Å². The van der Waals surface area contributed by atoms with Crippen molar-refractivity contribution in [2.75, 3.05) is 7.11 Å². The number of carboxylic acid groups (broad SMARTS) is 1. The number of unbranched alkanes of at least 4 members (excludes halogenated alkanes) is 1. The van der Waals surface area contributed by atoms with Crippen LogP contribution in [0.15, 0.2) is 36.0 Å². The number of nitrogens with one attached hydrogen (secondary N) is 1. The number of aliphatic carboxylic acids is 1. The molecule has 0 unspecified atom stereocenters. The monoisotopic (exact) mass is 507 g/mol. The summed E-state index contributed by atoms with van der Waals surface area (Å²) in [4.78, 5) is 46.0. The highest BCUT2D eigenvalue weighted by molar-refractivity contribution is 5.97. The highest BCUT2D eigenvalue weighted by Gasteiger charge is 2.27. The molecule has 0 radical (unpaired) electrons. The van der Waals surface area contributed by atoms with Crippen molar-refractivity contribution < 1.29 is 39.2 Å². The van der Waals surface area contributed by atoms with Crippen LogP contribution in [0.2, 0.25) is 0 Å². The van der Waals surface area contributed by atoms with Gasteiger partial charge in [-0.1, -0.05) is 38.2 Å². The molecule has 1 heterocycles. The van der Waals surface area contributed by atoms with Gasteiger partial charge < -0.3 is 20.1 Å². The molecule has 0 aliphatic carbocycles. The number of carbonyl (C=O) groups is 4. The second kappa shape index (κ2) is 16.2. The second-order valence-corrected chi connectivity index (χ2v) is 9.54. The van der Waals surface area contributed by atoms with Crippen LogP contribution in [0.3, 0.4) is 0 Å². The maximum absolute atomic E-state index is 12.6. The molecule has 0 aromatic carbocycles. The molecule has 4 N–H and O–H groups in total. The number of allylic oxidation sites excluding steroid dienone is 2. The molecule has 0 bridgehead atoms. The highest BCUT2D eigenvalue weighted by Crippen LogP contribution is 2.23. The van der Waals surface area contributed by atoms with Crippen molar-refractivity contribution >= 4 is 23.6 Å². The van der Waals surface area contributed by atoms with Crippen LogP contribution in [0.25, 0.3) is 0 Å². The zero-order chi connectivity index (χ0) is 27.3. The smallest absolute Gasteiger partial charge is 0.327 e. The number of ketones is 1. The lowest BCUT2D eigenvalue weighted by molar-refractivity contribution is -0.135. The summed E-state index contributed by atoms with van der Waals surface area (Å²) in [5.74, 6) is -2.68. The predicted octanol–water partition coefficient (Wildman–Crippen LogP) is 2.71. The van der Waals surface area contributed by atoms with Crippen LogP contribution in [0.1, 0.15) is 65.7 Å². The normalized spacial score (nSPS) is 19.8. The van der Waals surface area contributed by atoms with Crippen molar-refractivity contribution in [2.24, 2.45) is 17.8 Å². The minimum atomic E-state index is -0.994. The lowest BCUT2D eigenvalue weighted by Gasteiger charge is -2.25. The van der Waals surface area contributed by atoms with E-state index in [2.05, 4.69) is 5.32 Å². The van der Waals surface area contributed by atoms with Crippen LogP contribution >= 0.6 is 0 Å². The summed E-state index contributed by atoms with van der Waals surface area (Å²) < 4.78 is 5.37. The van der Waals surface area contributed by atoms with Gasteiger partial charge in [0.1, 0.15) is 11.9 Å². The number of hydrogen-bond donors (Lipinski definition) is 4. The third-order valence-electron chi connectivity index (χ3n) is 6.47.